The molecule has 0 bridgehead atoms. The molecule has 40 heavy (non-hydrogen) atoms. The van der Waals surface area contributed by atoms with Gasteiger partial charge in [-0.2, -0.15) is 5.26 Å². The average molecular weight is 616 g/mol. The van der Waals surface area contributed by atoms with Crippen molar-refractivity contribution in [2.75, 3.05) is 10.6 Å². The van der Waals surface area contributed by atoms with Crippen LogP contribution in [0.4, 0.5) is 21.5 Å². The molecule has 4 aromatic rings. The van der Waals surface area contributed by atoms with Crippen LogP contribution < -0.4 is 21.6 Å². The molecular weight excluding hydrogens is 595 g/mol. The Kier molecular flexibility index (Phi) is 6.92. The Bertz CT molecular complexity index is 1780. The standard InChI is InChI=1S/C28H20Cl4FN7/c29-19-4-2-1-3-17(19)28(23-13-40(39-38-23)16-5-6-16)36-15-9-18-26(14(11-34)12-35-27(18)21(31)10-15)37-22-8-7-20(30)24(32)25(22)33/h1-4,7-10,12-13,16,28,36,38-39H,5-6H2,(H,35,37)/i28D. The summed E-state index contributed by atoms with van der Waals surface area (Å²) in [5, 5.41) is 18.9. The number of aromatic nitrogens is 1. The van der Waals surface area contributed by atoms with E-state index in [1.165, 1.54) is 18.3 Å². The Morgan fingerprint density at radius 3 is 2.65 bits per heavy atom. The van der Waals surface area contributed by atoms with Crippen LogP contribution in [0.1, 0.15) is 31.4 Å². The van der Waals surface area contributed by atoms with E-state index in [2.05, 4.69) is 32.6 Å². The molecule has 2 heterocycles. The second-order valence-corrected chi connectivity index (χ2v) is 10.9. The molecule has 0 saturated heterocycles. The minimum atomic E-state index is -1.59. The molecule has 0 spiro atoms. The lowest BCUT2D eigenvalue weighted by Gasteiger charge is -2.23. The SMILES string of the molecule is [2H]C(Nc1cc(Cl)c2ncc(C#N)c(Nc3ccc(Cl)c(Cl)c3F)c2c1)(C1=CN(C2CC2)NN1)c1ccccc1Cl. The Balaban J connectivity index is 1.48. The van der Waals surface area contributed by atoms with Crippen LogP contribution in [0.5, 0.6) is 0 Å². The first-order valence-corrected chi connectivity index (χ1v) is 13.7. The summed E-state index contributed by atoms with van der Waals surface area (Å²) in [7, 11) is 0. The maximum Gasteiger partial charge on any atom is 0.166 e. The zero-order chi connectivity index (χ0) is 28.9. The van der Waals surface area contributed by atoms with Crippen LogP contribution in [0.25, 0.3) is 10.9 Å². The van der Waals surface area contributed by atoms with E-state index in [-0.39, 0.29) is 32.0 Å². The monoisotopic (exact) mass is 614 g/mol. The maximum atomic E-state index is 15.0. The van der Waals surface area contributed by atoms with Gasteiger partial charge in [0, 0.05) is 34.5 Å². The fraction of sp³-hybridized carbons (Fsp3) is 0.143. The number of hydrazine groups is 2. The fourth-order valence-electron chi connectivity index (χ4n) is 4.40. The van der Waals surface area contributed by atoms with Crippen LogP contribution in [0.15, 0.2) is 66.6 Å². The second-order valence-electron chi connectivity index (χ2n) is 9.26. The predicted octanol–water partition coefficient (Wildman–Crippen LogP) is 8.08. The van der Waals surface area contributed by atoms with Crippen LogP contribution in [0.3, 0.4) is 0 Å². The van der Waals surface area contributed by atoms with Crippen LogP contribution in [0, 0.1) is 17.1 Å². The van der Waals surface area contributed by atoms with Crippen LogP contribution >= 0.6 is 46.4 Å². The molecule has 1 atom stereocenters. The summed E-state index contributed by atoms with van der Waals surface area (Å²) in [5.41, 5.74) is 8.43. The number of nitrogens with one attached hydrogen (secondary N) is 4. The molecule has 1 fully saturated rings. The maximum absolute atomic E-state index is 15.0. The summed E-state index contributed by atoms with van der Waals surface area (Å²) >= 11 is 25.3. The molecule has 0 amide bonds. The summed E-state index contributed by atoms with van der Waals surface area (Å²) in [6.07, 6.45) is 5.29. The zero-order valence-electron chi connectivity index (χ0n) is 21.5. The topological polar surface area (TPSA) is 88.0 Å². The average Bonchev–Trinajstić information content (AvgIpc) is 3.69. The number of anilines is 3. The summed E-state index contributed by atoms with van der Waals surface area (Å²) < 4.78 is 24.6. The van der Waals surface area contributed by atoms with Crippen molar-refractivity contribution in [3.8, 4) is 6.07 Å². The van der Waals surface area contributed by atoms with E-state index in [1.807, 2.05) is 11.2 Å². The molecule has 7 nitrogen and oxygen atoms in total. The highest BCUT2D eigenvalue weighted by atomic mass is 35.5. The lowest BCUT2D eigenvalue weighted by molar-refractivity contribution is 0.260. The highest BCUT2D eigenvalue weighted by molar-refractivity contribution is 6.42. The molecule has 4 N–H and O–H groups in total. The molecule has 6 rings (SSSR count). The van der Waals surface area contributed by atoms with Crippen LogP contribution in [0.2, 0.25) is 20.1 Å². The Morgan fingerprint density at radius 2 is 1.90 bits per heavy atom. The number of pyridine rings is 1. The Labute approximate surface area is 250 Å². The van der Waals surface area contributed by atoms with E-state index >= 15 is 0 Å². The highest BCUT2D eigenvalue weighted by Gasteiger charge is 2.32. The smallest absolute Gasteiger partial charge is 0.166 e. The Morgan fingerprint density at radius 1 is 1.10 bits per heavy atom. The van der Waals surface area contributed by atoms with Crippen molar-refractivity contribution >= 4 is 74.4 Å². The van der Waals surface area contributed by atoms with Crippen molar-refractivity contribution < 1.29 is 5.76 Å². The minimum absolute atomic E-state index is 0.00958. The van der Waals surface area contributed by atoms with Gasteiger partial charge in [0.1, 0.15) is 6.07 Å². The number of halogens is 5. The third-order valence-electron chi connectivity index (χ3n) is 6.55. The molecule has 1 unspecified atom stereocenters. The quantitative estimate of drug-likeness (QED) is 0.156. The molecule has 0 radical (unpaired) electrons. The molecule has 12 heteroatoms. The molecule has 2 aliphatic rings. The summed E-state index contributed by atoms with van der Waals surface area (Å²) in [6.45, 7) is 0. The van der Waals surface area contributed by atoms with Crippen molar-refractivity contribution in [2.24, 2.45) is 0 Å². The minimum Gasteiger partial charge on any atom is -0.373 e. The first-order valence-electron chi connectivity index (χ1n) is 12.7. The summed E-state index contributed by atoms with van der Waals surface area (Å²) in [4.78, 5) is 4.36. The molecule has 3 aromatic carbocycles. The van der Waals surface area contributed by atoms with Crippen molar-refractivity contribution in [3.05, 3.63) is 104 Å². The van der Waals surface area contributed by atoms with Gasteiger partial charge in [0.05, 0.1) is 50.6 Å². The van der Waals surface area contributed by atoms with E-state index in [1.54, 1.807) is 36.4 Å². The number of nitrogens with zero attached hydrogens (tertiary/aromatic N) is 3. The molecule has 1 aliphatic heterocycles. The zero-order valence-corrected chi connectivity index (χ0v) is 23.5. The molecule has 202 valence electrons. The van der Waals surface area contributed by atoms with Gasteiger partial charge in [-0.25, -0.2) is 4.39 Å². The number of fused-ring (bicyclic) bond motifs is 1. The van der Waals surface area contributed by atoms with Gasteiger partial charge in [0.25, 0.3) is 0 Å². The van der Waals surface area contributed by atoms with E-state index in [9.17, 15) is 11.0 Å². The van der Waals surface area contributed by atoms with Gasteiger partial charge in [-0.05, 0) is 48.7 Å². The number of benzene rings is 3. The van der Waals surface area contributed by atoms with Gasteiger partial charge in [-0.3, -0.25) is 9.99 Å². The number of hydrogen-bond acceptors (Lipinski definition) is 7. The second kappa shape index (κ2) is 10.8. The number of hydrogen-bond donors (Lipinski definition) is 4. The first kappa shape index (κ1) is 25.5. The van der Waals surface area contributed by atoms with Gasteiger partial charge >= 0.3 is 0 Å². The first-order chi connectivity index (χ1) is 19.7. The summed E-state index contributed by atoms with van der Waals surface area (Å²) in [5.74, 6) is -0.774. The third-order valence-corrected chi connectivity index (χ3v) is 7.95. The lowest BCUT2D eigenvalue weighted by Crippen LogP contribution is -2.38. The van der Waals surface area contributed by atoms with Crippen LogP contribution in [-0.4, -0.2) is 16.0 Å². The van der Waals surface area contributed by atoms with E-state index in [4.69, 9.17) is 46.4 Å². The van der Waals surface area contributed by atoms with Gasteiger partial charge < -0.3 is 16.1 Å². The largest absolute Gasteiger partial charge is 0.373 e. The predicted molar refractivity (Wildman–Crippen MR) is 158 cm³/mol. The van der Waals surface area contributed by atoms with E-state index in [0.717, 1.165) is 12.8 Å². The summed E-state index contributed by atoms with van der Waals surface area (Å²) in [6, 6.07) is 14.1. The van der Waals surface area contributed by atoms with Gasteiger partial charge in [0.15, 0.2) is 5.82 Å². The molecule has 1 aromatic heterocycles. The van der Waals surface area contributed by atoms with Gasteiger partial charge in [0.2, 0.25) is 0 Å². The Hall–Kier alpha value is -3.45. The number of rotatable bonds is 7. The fourth-order valence-corrected chi connectivity index (χ4v) is 5.21. The molecular formula is C28H20Cl4FN7. The van der Waals surface area contributed by atoms with Gasteiger partial charge in [-0.15, -0.1) is 5.53 Å². The van der Waals surface area contributed by atoms with Crippen molar-refractivity contribution in [3.63, 3.8) is 0 Å². The lowest BCUT2D eigenvalue weighted by atomic mass is 10.0. The van der Waals surface area contributed by atoms with E-state index in [0.29, 0.717) is 38.9 Å². The van der Waals surface area contributed by atoms with Gasteiger partial charge in [-0.1, -0.05) is 64.6 Å². The van der Waals surface area contributed by atoms with Crippen LogP contribution in [-0.2, 0) is 0 Å². The van der Waals surface area contributed by atoms with E-state index < -0.39 is 11.8 Å². The van der Waals surface area contributed by atoms with Crippen molar-refractivity contribution in [1.82, 2.24) is 21.0 Å². The third kappa shape index (κ3) is 5.07. The van der Waals surface area contributed by atoms with Crippen molar-refractivity contribution in [2.45, 2.75) is 24.9 Å². The number of nitriles is 1. The normalized spacial score (nSPS) is 16.6. The van der Waals surface area contributed by atoms with Crippen molar-refractivity contribution in [1.29, 1.82) is 5.26 Å². The highest BCUT2D eigenvalue weighted by Crippen LogP contribution is 2.40. The molecule has 1 aliphatic carbocycles. The molecule has 1 saturated carbocycles.